The van der Waals surface area contributed by atoms with Crippen LogP contribution in [0.5, 0.6) is 0 Å². The summed E-state index contributed by atoms with van der Waals surface area (Å²) in [5.41, 5.74) is 8.73. The van der Waals surface area contributed by atoms with Crippen molar-refractivity contribution in [2.75, 3.05) is 0 Å². The van der Waals surface area contributed by atoms with Crippen molar-refractivity contribution in [2.45, 2.75) is 20.3 Å². The summed E-state index contributed by atoms with van der Waals surface area (Å²) >= 11 is 0. The van der Waals surface area contributed by atoms with E-state index in [0.717, 1.165) is 6.42 Å². The van der Waals surface area contributed by atoms with Crippen LogP contribution in [0.3, 0.4) is 0 Å². The third-order valence-corrected chi connectivity index (χ3v) is 3.54. The van der Waals surface area contributed by atoms with Gasteiger partial charge in [0.15, 0.2) is 0 Å². The Kier molecular flexibility index (Phi) is 3.27. The van der Waals surface area contributed by atoms with E-state index in [1.807, 2.05) is 0 Å². The van der Waals surface area contributed by atoms with Crippen molar-refractivity contribution in [3.63, 3.8) is 0 Å². The van der Waals surface area contributed by atoms with Gasteiger partial charge in [-0.2, -0.15) is 0 Å². The summed E-state index contributed by atoms with van der Waals surface area (Å²) in [6.45, 7) is 4.43. The van der Waals surface area contributed by atoms with Gasteiger partial charge in [-0.25, -0.2) is 0 Å². The molecule has 0 fully saturated rings. The Hall–Kier alpha value is -1.64. The van der Waals surface area contributed by atoms with Crippen LogP contribution in [0.4, 0.5) is 0 Å². The molecule has 3 rings (SSSR count). The van der Waals surface area contributed by atoms with Crippen molar-refractivity contribution < 1.29 is 0 Å². The minimum absolute atomic E-state index is 1.11. The Morgan fingerprint density at radius 3 is 2.35 bits per heavy atom. The van der Waals surface area contributed by atoms with Crippen LogP contribution in [0.15, 0.2) is 36.4 Å². The minimum atomic E-state index is 1.11. The van der Waals surface area contributed by atoms with Gasteiger partial charge < -0.3 is 0 Å². The Balaban J connectivity index is 0.000000514. The predicted octanol–water partition coefficient (Wildman–Crippen LogP) is 2.69. The van der Waals surface area contributed by atoms with Crippen LogP contribution < -0.4 is 11.7 Å². The normalized spacial score (nSPS) is 11.3. The van der Waals surface area contributed by atoms with E-state index in [1.165, 1.54) is 33.4 Å². The lowest BCUT2D eigenvalue weighted by Gasteiger charge is -2.06. The summed E-state index contributed by atoms with van der Waals surface area (Å²) in [6.07, 6.45) is 1.11. The smallest absolute Gasteiger partial charge is 0.00107 e. The Morgan fingerprint density at radius 1 is 0.882 bits per heavy atom. The highest BCUT2D eigenvalue weighted by atomic mass is 15.0. The van der Waals surface area contributed by atoms with Gasteiger partial charge in [0.1, 0.15) is 0 Å². The molecule has 1 aliphatic rings. The molecule has 0 radical (unpaired) electrons. The van der Waals surface area contributed by atoms with Crippen LogP contribution in [0, 0.1) is 13.8 Å². The van der Waals surface area contributed by atoms with Gasteiger partial charge in [-0.3, -0.25) is 11.7 Å². The predicted molar refractivity (Wildman–Crippen MR) is 72.5 cm³/mol. The average molecular weight is 226 g/mol. The van der Waals surface area contributed by atoms with E-state index < -0.39 is 0 Å². The van der Waals surface area contributed by atoms with E-state index in [9.17, 15) is 0 Å². The zero-order chi connectivity index (χ0) is 12.4. The first-order valence-electron chi connectivity index (χ1n) is 5.78. The number of aryl methyl sites for hydroxylation is 1. The molecule has 0 bridgehead atoms. The molecule has 0 amide bonds. The van der Waals surface area contributed by atoms with Crippen LogP contribution in [0.1, 0.15) is 22.3 Å². The molecule has 2 nitrogen and oxygen atoms in total. The van der Waals surface area contributed by atoms with Crippen LogP contribution >= 0.6 is 0 Å². The second-order valence-electron chi connectivity index (χ2n) is 4.37. The van der Waals surface area contributed by atoms with Gasteiger partial charge in [-0.05, 0) is 53.6 Å². The molecular weight excluding hydrogens is 208 g/mol. The molecule has 2 heteroatoms. The summed E-state index contributed by atoms with van der Waals surface area (Å²) in [4.78, 5) is 0. The van der Waals surface area contributed by atoms with E-state index in [2.05, 4.69) is 61.9 Å². The van der Waals surface area contributed by atoms with E-state index in [-0.39, 0.29) is 0 Å². The van der Waals surface area contributed by atoms with Crippen molar-refractivity contribution in [3.05, 3.63) is 58.7 Å². The third-order valence-electron chi connectivity index (χ3n) is 3.54. The standard InChI is InChI=1S/C15H14.H4N2/c1-10-7-8-14-13-6-4-3-5-12(13)9-15(14)11(10)2;1-2/h3-8H,9H2,1-2H3;1-2H2. The van der Waals surface area contributed by atoms with Crippen LogP contribution in [0.2, 0.25) is 0 Å². The summed E-state index contributed by atoms with van der Waals surface area (Å²) in [6, 6.07) is 13.2. The fourth-order valence-corrected chi connectivity index (χ4v) is 2.48. The van der Waals surface area contributed by atoms with E-state index in [4.69, 9.17) is 0 Å². The topological polar surface area (TPSA) is 52.0 Å². The van der Waals surface area contributed by atoms with Crippen molar-refractivity contribution >= 4 is 0 Å². The maximum atomic E-state index is 4.00. The molecule has 88 valence electrons. The average Bonchev–Trinajstić information content (AvgIpc) is 2.76. The maximum absolute atomic E-state index is 4.00. The van der Waals surface area contributed by atoms with Crippen LogP contribution in [0.25, 0.3) is 11.1 Å². The van der Waals surface area contributed by atoms with Crippen molar-refractivity contribution in [3.8, 4) is 11.1 Å². The molecule has 0 aliphatic heterocycles. The van der Waals surface area contributed by atoms with Gasteiger partial charge in [0.25, 0.3) is 0 Å². The summed E-state index contributed by atoms with van der Waals surface area (Å²) in [7, 11) is 0. The number of benzene rings is 2. The number of rotatable bonds is 0. The number of nitrogens with two attached hydrogens (primary N) is 2. The number of hydrogen-bond donors (Lipinski definition) is 2. The SMILES string of the molecule is Cc1ccc2c(c1C)Cc1ccccc1-2.NN. The number of hydrazine groups is 1. The largest absolute Gasteiger partial charge is 0.274 e. The molecule has 0 spiro atoms. The minimum Gasteiger partial charge on any atom is -0.274 e. The molecule has 1 aliphatic carbocycles. The Bertz CT molecular complexity index is 545. The van der Waals surface area contributed by atoms with Crippen molar-refractivity contribution in [1.82, 2.24) is 0 Å². The van der Waals surface area contributed by atoms with Crippen LogP contribution in [-0.2, 0) is 6.42 Å². The fraction of sp³-hybridized carbons (Fsp3) is 0.200. The van der Waals surface area contributed by atoms with E-state index >= 15 is 0 Å². The molecule has 17 heavy (non-hydrogen) atoms. The first-order valence-corrected chi connectivity index (χ1v) is 5.78. The highest BCUT2D eigenvalue weighted by molar-refractivity contribution is 5.78. The molecule has 2 aromatic carbocycles. The molecule has 0 aromatic heterocycles. The van der Waals surface area contributed by atoms with Gasteiger partial charge in [-0.15, -0.1) is 0 Å². The molecule has 0 heterocycles. The van der Waals surface area contributed by atoms with Gasteiger partial charge in [-0.1, -0.05) is 36.4 Å². The molecule has 4 N–H and O–H groups in total. The number of fused-ring (bicyclic) bond motifs is 3. The van der Waals surface area contributed by atoms with Gasteiger partial charge in [0.2, 0.25) is 0 Å². The van der Waals surface area contributed by atoms with Gasteiger partial charge >= 0.3 is 0 Å². The highest BCUT2D eigenvalue weighted by Gasteiger charge is 2.19. The van der Waals surface area contributed by atoms with Gasteiger partial charge in [0, 0.05) is 0 Å². The van der Waals surface area contributed by atoms with E-state index in [0.29, 0.717) is 0 Å². The zero-order valence-electron chi connectivity index (χ0n) is 10.3. The van der Waals surface area contributed by atoms with Gasteiger partial charge in [0.05, 0.1) is 0 Å². The lowest BCUT2D eigenvalue weighted by Crippen LogP contribution is -2.02. The molecule has 0 atom stereocenters. The summed E-state index contributed by atoms with van der Waals surface area (Å²) < 4.78 is 0. The van der Waals surface area contributed by atoms with Crippen molar-refractivity contribution in [2.24, 2.45) is 11.7 Å². The lowest BCUT2D eigenvalue weighted by atomic mass is 9.98. The second-order valence-corrected chi connectivity index (χ2v) is 4.37. The zero-order valence-corrected chi connectivity index (χ0v) is 10.3. The molecule has 0 unspecified atom stereocenters. The molecular formula is C15H18N2. The molecule has 0 saturated heterocycles. The monoisotopic (exact) mass is 226 g/mol. The quantitative estimate of drug-likeness (QED) is 0.457. The lowest BCUT2D eigenvalue weighted by molar-refractivity contribution is 1.19. The Morgan fingerprint density at radius 2 is 1.59 bits per heavy atom. The Labute approximate surface area is 102 Å². The summed E-state index contributed by atoms with van der Waals surface area (Å²) in [5.74, 6) is 8.00. The van der Waals surface area contributed by atoms with Crippen molar-refractivity contribution in [1.29, 1.82) is 0 Å². The first-order chi connectivity index (χ1) is 8.27. The molecule has 2 aromatic rings. The number of hydrogen-bond acceptors (Lipinski definition) is 2. The fourth-order valence-electron chi connectivity index (χ4n) is 2.48. The van der Waals surface area contributed by atoms with E-state index in [1.54, 1.807) is 0 Å². The highest BCUT2D eigenvalue weighted by Crippen LogP contribution is 2.38. The first kappa shape index (κ1) is 11.8. The third kappa shape index (κ3) is 1.86. The second kappa shape index (κ2) is 4.70. The maximum Gasteiger partial charge on any atom is -0.00107 e. The van der Waals surface area contributed by atoms with Crippen LogP contribution in [-0.4, -0.2) is 0 Å². The summed E-state index contributed by atoms with van der Waals surface area (Å²) in [5, 5.41) is 0. The molecule has 0 saturated carbocycles.